The van der Waals surface area contributed by atoms with E-state index in [2.05, 4.69) is 0 Å². The van der Waals surface area contributed by atoms with Crippen molar-refractivity contribution in [1.82, 2.24) is 8.87 Å². The van der Waals surface area contributed by atoms with Gasteiger partial charge in [-0.1, -0.05) is 6.42 Å². The fourth-order valence-corrected chi connectivity index (χ4v) is 4.26. The van der Waals surface area contributed by atoms with Crippen molar-refractivity contribution in [2.75, 3.05) is 13.1 Å². The minimum Gasteiger partial charge on any atom is -0.346 e. The first-order valence-corrected chi connectivity index (χ1v) is 8.71. The molecule has 0 aromatic carbocycles. The van der Waals surface area contributed by atoms with Crippen LogP contribution < -0.4 is 0 Å². The Morgan fingerprint density at radius 2 is 1.89 bits per heavy atom. The number of nitrogens with zero attached hydrogens (tertiary/aromatic N) is 2. The summed E-state index contributed by atoms with van der Waals surface area (Å²) in [5.41, 5.74) is 0.854. The highest BCUT2D eigenvalue weighted by Gasteiger charge is 2.27. The second kappa shape index (κ2) is 5.85. The summed E-state index contributed by atoms with van der Waals surface area (Å²) in [7, 11) is -3.35. The highest BCUT2D eigenvalue weighted by Crippen LogP contribution is 2.25. The number of alkyl halides is 1. The van der Waals surface area contributed by atoms with Gasteiger partial charge in [0.25, 0.3) is 0 Å². The van der Waals surface area contributed by atoms with E-state index in [9.17, 15) is 8.42 Å². The third-order valence-corrected chi connectivity index (χ3v) is 5.69. The smallest absolute Gasteiger partial charge is 0.244 e. The van der Waals surface area contributed by atoms with Crippen LogP contribution in [0.1, 0.15) is 44.8 Å². The van der Waals surface area contributed by atoms with Gasteiger partial charge in [0.1, 0.15) is 4.90 Å². The van der Waals surface area contributed by atoms with E-state index in [1.807, 2.05) is 18.4 Å². The average molecular weight is 305 g/mol. The van der Waals surface area contributed by atoms with E-state index in [-0.39, 0.29) is 6.04 Å². The molecule has 0 bridgehead atoms. The van der Waals surface area contributed by atoms with Gasteiger partial charge in [-0.3, -0.25) is 0 Å². The summed E-state index contributed by atoms with van der Waals surface area (Å²) in [4.78, 5) is 0.374. The predicted molar refractivity (Wildman–Crippen MR) is 77.0 cm³/mol. The van der Waals surface area contributed by atoms with Gasteiger partial charge in [0.15, 0.2) is 0 Å². The molecule has 2 rings (SSSR count). The van der Waals surface area contributed by atoms with Gasteiger partial charge in [-0.2, -0.15) is 4.31 Å². The first kappa shape index (κ1) is 14.9. The Balaban J connectivity index is 2.34. The number of hydrogen-bond donors (Lipinski definition) is 0. The molecular formula is C13H21ClN2O2S. The lowest BCUT2D eigenvalue weighted by Gasteiger charge is -2.25. The minimum atomic E-state index is -3.35. The lowest BCUT2D eigenvalue weighted by Crippen LogP contribution is -2.35. The molecule has 1 saturated heterocycles. The van der Waals surface area contributed by atoms with Crippen LogP contribution in [0.3, 0.4) is 0 Å². The fourth-order valence-electron chi connectivity index (χ4n) is 2.48. The molecular weight excluding hydrogens is 284 g/mol. The summed E-state index contributed by atoms with van der Waals surface area (Å²) in [6.45, 7) is 5.30. The fraction of sp³-hybridized carbons (Fsp3) is 0.692. The maximum absolute atomic E-state index is 12.6. The molecule has 1 fully saturated rings. The van der Waals surface area contributed by atoms with Crippen molar-refractivity contribution < 1.29 is 8.42 Å². The van der Waals surface area contributed by atoms with Crippen LogP contribution >= 0.6 is 11.6 Å². The Kier molecular flexibility index (Phi) is 4.58. The van der Waals surface area contributed by atoms with Gasteiger partial charge in [0.2, 0.25) is 10.0 Å². The molecule has 0 amide bonds. The van der Waals surface area contributed by atoms with E-state index >= 15 is 0 Å². The summed E-state index contributed by atoms with van der Waals surface area (Å²) < 4.78 is 28.6. The van der Waals surface area contributed by atoms with E-state index in [0.717, 1.165) is 25.0 Å². The van der Waals surface area contributed by atoms with Crippen molar-refractivity contribution >= 4 is 21.6 Å². The highest BCUT2D eigenvalue weighted by atomic mass is 35.5. The van der Waals surface area contributed by atoms with E-state index in [1.165, 1.54) is 0 Å². The molecule has 0 unspecified atom stereocenters. The van der Waals surface area contributed by atoms with Crippen molar-refractivity contribution in [2.24, 2.45) is 0 Å². The van der Waals surface area contributed by atoms with E-state index in [0.29, 0.717) is 23.9 Å². The Labute approximate surface area is 120 Å². The molecule has 1 aromatic rings. The largest absolute Gasteiger partial charge is 0.346 e. The van der Waals surface area contributed by atoms with Crippen molar-refractivity contribution in [3.63, 3.8) is 0 Å². The van der Waals surface area contributed by atoms with Crippen molar-refractivity contribution in [1.29, 1.82) is 0 Å². The van der Waals surface area contributed by atoms with Crippen LogP contribution in [-0.2, 0) is 15.9 Å². The quantitative estimate of drug-likeness (QED) is 0.803. The molecule has 0 saturated carbocycles. The predicted octanol–water partition coefficient (Wildman–Crippen LogP) is 2.98. The van der Waals surface area contributed by atoms with Gasteiger partial charge >= 0.3 is 0 Å². The topological polar surface area (TPSA) is 42.3 Å². The van der Waals surface area contributed by atoms with Crippen molar-refractivity contribution in [2.45, 2.75) is 49.9 Å². The number of piperidine rings is 1. The lowest BCUT2D eigenvalue weighted by atomic mass is 10.2. The van der Waals surface area contributed by atoms with Crippen LogP contribution in [0.15, 0.2) is 17.2 Å². The van der Waals surface area contributed by atoms with Crippen LogP contribution in [-0.4, -0.2) is 30.4 Å². The Morgan fingerprint density at radius 3 is 2.37 bits per heavy atom. The number of hydrogen-bond acceptors (Lipinski definition) is 2. The maximum Gasteiger partial charge on any atom is 0.244 e. The van der Waals surface area contributed by atoms with Gasteiger partial charge in [-0.25, -0.2) is 8.42 Å². The van der Waals surface area contributed by atoms with E-state index in [1.54, 1.807) is 16.6 Å². The molecule has 0 atom stereocenters. The second-order valence-corrected chi connectivity index (χ2v) is 7.47. The summed E-state index contributed by atoms with van der Waals surface area (Å²) in [5, 5.41) is 0. The first-order valence-electron chi connectivity index (χ1n) is 6.73. The van der Waals surface area contributed by atoms with Gasteiger partial charge in [0, 0.05) is 31.0 Å². The van der Waals surface area contributed by atoms with Crippen LogP contribution in [0.2, 0.25) is 0 Å². The van der Waals surface area contributed by atoms with Gasteiger partial charge < -0.3 is 4.57 Å². The zero-order chi connectivity index (χ0) is 14.0. The van der Waals surface area contributed by atoms with Crippen LogP contribution in [0, 0.1) is 0 Å². The van der Waals surface area contributed by atoms with Gasteiger partial charge in [-0.05, 0) is 32.8 Å². The molecule has 0 spiro atoms. The molecule has 19 heavy (non-hydrogen) atoms. The Bertz CT molecular complexity index is 531. The van der Waals surface area contributed by atoms with Crippen LogP contribution in [0.5, 0.6) is 0 Å². The molecule has 0 N–H and O–H groups in total. The minimum absolute atomic E-state index is 0.207. The molecule has 1 aliphatic heterocycles. The van der Waals surface area contributed by atoms with Crippen LogP contribution in [0.4, 0.5) is 0 Å². The molecule has 6 heteroatoms. The van der Waals surface area contributed by atoms with E-state index < -0.39 is 10.0 Å². The third kappa shape index (κ3) is 2.98. The molecule has 1 aliphatic rings. The average Bonchev–Trinajstić information content (AvgIpc) is 2.84. The lowest BCUT2D eigenvalue weighted by molar-refractivity contribution is 0.346. The third-order valence-electron chi connectivity index (χ3n) is 3.55. The molecule has 0 aliphatic carbocycles. The van der Waals surface area contributed by atoms with Gasteiger partial charge in [0.05, 0.1) is 5.88 Å². The van der Waals surface area contributed by atoms with Crippen LogP contribution in [0.25, 0.3) is 0 Å². The number of halogens is 1. The Hall–Kier alpha value is -0.520. The maximum atomic E-state index is 12.6. The molecule has 0 radical (unpaired) electrons. The molecule has 4 nitrogen and oxygen atoms in total. The number of aromatic nitrogens is 1. The monoisotopic (exact) mass is 304 g/mol. The molecule has 1 aromatic heterocycles. The standard InChI is InChI=1S/C13H21ClN2O2S/c1-11(2)16-10-13(8-12(16)9-14)19(17,18)15-6-4-3-5-7-15/h8,10-11H,3-7,9H2,1-2H3. The molecule has 108 valence electrons. The highest BCUT2D eigenvalue weighted by molar-refractivity contribution is 7.89. The zero-order valence-electron chi connectivity index (χ0n) is 11.5. The summed E-state index contributed by atoms with van der Waals surface area (Å²) >= 11 is 5.90. The Morgan fingerprint density at radius 1 is 1.26 bits per heavy atom. The normalized spacial score (nSPS) is 18.1. The molecule has 2 heterocycles. The van der Waals surface area contributed by atoms with Crippen molar-refractivity contribution in [3.05, 3.63) is 18.0 Å². The summed E-state index contributed by atoms with van der Waals surface area (Å²) in [6.07, 6.45) is 4.73. The summed E-state index contributed by atoms with van der Waals surface area (Å²) in [6, 6.07) is 1.91. The second-order valence-electron chi connectivity index (χ2n) is 5.27. The van der Waals surface area contributed by atoms with Gasteiger partial charge in [-0.15, -0.1) is 11.6 Å². The summed E-state index contributed by atoms with van der Waals surface area (Å²) in [5.74, 6) is 0.327. The number of rotatable bonds is 4. The first-order chi connectivity index (χ1) is 8.96. The van der Waals surface area contributed by atoms with E-state index in [4.69, 9.17) is 11.6 Å². The van der Waals surface area contributed by atoms with Crippen molar-refractivity contribution in [3.8, 4) is 0 Å². The number of sulfonamides is 1. The SMILES string of the molecule is CC(C)n1cc(S(=O)(=O)N2CCCCC2)cc1CCl. The zero-order valence-corrected chi connectivity index (χ0v) is 13.0.